The Balaban J connectivity index is 1.84. The number of ketones is 1. The molecule has 0 aliphatic heterocycles. The highest BCUT2D eigenvalue weighted by atomic mass is 16.3. The van der Waals surface area contributed by atoms with E-state index in [0.717, 1.165) is 22.4 Å². The van der Waals surface area contributed by atoms with Gasteiger partial charge < -0.3 is 10.4 Å². The Morgan fingerprint density at radius 3 is 2.66 bits per heavy atom. The maximum Gasteiger partial charge on any atom is 0.180 e. The van der Waals surface area contributed by atoms with Crippen LogP contribution in [0.1, 0.15) is 73.0 Å². The van der Waals surface area contributed by atoms with Crippen molar-refractivity contribution in [1.29, 1.82) is 0 Å². The summed E-state index contributed by atoms with van der Waals surface area (Å²) in [5, 5.41) is 21.2. The van der Waals surface area contributed by atoms with Crippen LogP contribution >= 0.6 is 0 Å². The van der Waals surface area contributed by atoms with Crippen molar-refractivity contribution in [1.82, 2.24) is 10.2 Å². The van der Waals surface area contributed by atoms with Crippen molar-refractivity contribution in [2.24, 2.45) is 0 Å². The maximum atomic E-state index is 12.0. The molecule has 0 aliphatic rings. The van der Waals surface area contributed by atoms with E-state index >= 15 is 0 Å². The van der Waals surface area contributed by atoms with Crippen LogP contribution in [0.4, 0.5) is 5.69 Å². The van der Waals surface area contributed by atoms with Crippen molar-refractivity contribution in [3.8, 4) is 0 Å². The molecule has 0 aliphatic carbocycles. The van der Waals surface area contributed by atoms with Gasteiger partial charge in [0, 0.05) is 29.8 Å². The maximum absolute atomic E-state index is 12.0. The van der Waals surface area contributed by atoms with Crippen molar-refractivity contribution >= 4 is 11.5 Å². The molecule has 1 atom stereocenters. The number of anilines is 1. The Kier molecular flexibility index (Phi) is 6.18. The van der Waals surface area contributed by atoms with Crippen LogP contribution in [0, 0.1) is 0 Å². The number of para-hydroxylation sites is 1. The number of Topliss-reactive ketones (excluding diaryl/α,β-unsaturated/α-hetero) is 1. The van der Waals surface area contributed by atoms with Gasteiger partial charge in [0.25, 0.3) is 0 Å². The summed E-state index contributed by atoms with van der Waals surface area (Å²) in [5.74, 6) is 0.0339. The van der Waals surface area contributed by atoms with Gasteiger partial charge in [0.2, 0.25) is 0 Å². The summed E-state index contributed by atoms with van der Waals surface area (Å²) in [7, 11) is 0. The van der Waals surface area contributed by atoms with E-state index in [1.165, 1.54) is 5.56 Å². The van der Waals surface area contributed by atoms with Crippen LogP contribution in [0.2, 0.25) is 0 Å². The fourth-order valence-electron chi connectivity index (χ4n) is 3.31. The Bertz CT molecular complexity index is 986. The summed E-state index contributed by atoms with van der Waals surface area (Å²) in [6, 6.07) is 15.8. The van der Waals surface area contributed by atoms with Crippen LogP contribution in [0.15, 0.2) is 54.7 Å². The first-order valence-electron chi connectivity index (χ1n) is 9.98. The van der Waals surface area contributed by atoms with Crippen LogP contribution < -0.4 is 5.32 Å². The van der Waals surface area contributed by atoms with Gasteiger partial charge in [-0.3, -0.25) is 9.89 Å². The van der Waals surface area contributed by atoms with E-state index in [0.29, 0.717) is 18.7 Å². The minimum atomic E-state index is -0.748. The third-order valence-electron chi connectivity index (χ3n) is 5.11. The molecule has 0 fully saturated rings. The fraction of sp³-hybridized carbons (Fsp3) is 0.333. The summed E-state index contributed by atoms with van der Waals surface area (Å²) in [6.45, 7) is 8.76. The first-order valence-corrected chi connectivity index (χ1v) is 9.98. The van der Waals surface area contributed by atoms with E-state index in [1.807, 2.05) is 43.3 Å². The average Bonchev–Trinajstić information content (AvgIpc) is 3.19. The summed E-state index contributed by atoms with van der Waals surface area (Å²) in [4.78, 5) is 12.0. The number of nitrogens with one attached hydrogen (secondary N) is 2. The normalized spacial score (nSPS) is 12.6. The average molecular weight is 392 g/mol. The number of H-pyrrole nitrogens is 1. The predicted molar refractivity (Wildman–Crippen MR) is 116 cm³/mol. The second-order valence-corrected chi connectivity index (χ2v) is 8.27. The van der Waals surface area contributed by atoms with Crippen molar-refractivity contribution in [2.45, 2.75) is 52.2 Å². The zero-order valence-electron chi connectivity index (χ0n) is 17.5. The monoisotopic (exact) mass is 391 g/mol. The van der Waals surface area contributed by atoms with Crippen molar-refractivity contribution in [2.75, 3.05) is 5.32 Å². The Hall–Kier alpha value is -2.92. The molecule has 0 radical (unpaired) electrons. The molecule has 3 aromatic rings. The molecular weight excluding hydrogens is 362 g/mol. The molecule has 0 amide bonds. The molecule has 152 valence electrons. The topological polar surface area (TPSA) is 78.0 Å². The lowest BCUT2D eigenvalue weighted by Crippen LogP contribution is -2.13. The quantitative estimate of drug-likeness (QED) is 0.496. The highest BCUT2D eigenvalue weighted by Crippen LogP contribution is 2.31. The molecule has 1 aromatic heterocycles. The Labute approximate surface area is 172 Å². The Morgan fingerprint density at radius 2 is 1.93 bits per heavy atom. The minimum Gasteiger partial charge on any atom is -0.384 e. The number of benzene rings is 2. The number of nitrogens with zero attached hydrogens (tertiary/aromatic N) is 1. The number of rotatable bonds is 7. The highest BCUT2D eigenvalue weighted by molar-refractivity contribution is 5.95. The Morgan fingerprint density at radius 1 is 1.17 bits per heavy atom. The SMILES string of the molecule is CCC(=O)c1[nH]ncc1CNc1ccccc1C(O)c1cccc(C(C)(C)C)c1. The van der Waals surface area contributed by atoms with Gasteiger partial charge in [0.05, 0.1) is 6.20 Å². The summed E-state index contributed by atoms with van der Waals surface area (Å²) < 4.78 is 0. The van der Waals surface area contributed by atoms with Crippen LogP contribution in [0.3, 0.4) is 0 Å². The molecule has 3 N–H and O–H groups in total. The fourth-order valence-corrected chi connectivity index (χ4v) is 3.31. The molecule has 29 heavy (non-hydrogen) atoms. The molecule has 0 saturated heterocycles. The molecule has 2 aromatic carbocycles. The van der Waals surface area contributed by atoms with Gasteiger partial charge in [0.1, 0.15) is 11.8 Å². The summed E-state index contributed by atoms with van der Waals surface area (Å²) in [6.07, 6.45) is 1.35. The van der Waals surface area contributed by atoms with Gasteiger partial charge in [-0.2, -0.15) is 5.10 Å². The second kappa shape index (κ2) is 8.62. The molecule has 5 heteroatoms. The largest absolute Gasteiger partial charge is 0.384 e. The van der Waals surface area contributed by atoms with Gasteiger partial charge in [-0.15, -0.1) is 0 Å². The lowest BCUT2D eigenvalue weighted by Gasteiger charge is -2.22. The number of aliphatic hydroxyl groups excluding tert-OH is 1. The van der Waals surface area contributed by atoms with Gasteiger partial charge >= 0.3 is 0 Å². The number of hydrogen-bond donors (Lipinski definition) is 3. The van der Waals surface area contributed by atoms with Crippen LogP contribution in [0.25, 0.3) is 0 Å². The number of carbonyl (C=O) groups excluding carboxylic acids is 1. The van der Waals surface area contributed by atoms with E-state index in [2.05, 4.69) is 48.4 Å². The number of hydrogen-bond acceptors (Lipinski definition) is 4. The molecular formula is C24H29N3O2. The van der Waals surface area contributed by atoms with Crippen LogP contribution in [-0.2, 0) is 12.0 Å². The predicted octanol–water partition coefficient (Wildman–Crippen LogP) is 4.99. The molecule has 5 nitrogen and oxygen atoms in total. The first kappa shape index (κ1) is 20.8. The highest BCUT2D eigenvalue weighted by Gasteiger charge is 2.19. The number of aromatic nitrogens is 2. The molecule has 3 rings (SSSR count). The first-order chi connectivity index (χ1) is 13.8. The zero-order valence-corrected chi connectivity index (χ0v) is 17.5. The minimum absolute atomic E-state index is 0.0109. The van der Waals surface area contributed by atoms with E-state index in [1.54, 1.807) is 6.20 Å². The van der Waals surface area contributed by atoms with Crippen molar-refractivity contribution in [3.63, 3.8) is 0 Å². The van der Waals surface area contributed by atoms with Crippen LogP contribution in [-0.4, -0.2) is 21.1 Å². The van der Waals surface area contributed by atoms with Crippen molar-refractivity contribution < 1.29 is 9.90 Å². The molecule has 1 unspecified atom stereocenters. The molecule has 0 saturated carbocycles. The zero-order chi connectivity index (χ0) is 21.0. The van der Waals surface area contributed by atoms with Gasteiger partial charge in [-0.25, -0.2) is 0 Å². The van der Waals surface area contributed by atoms with Gasteiger partial charge in [-0.05, 0) is 22.6 Å². The van der Waals surface area contributed by atoms with E-state index in [9.17, 15) is 9.90 Å². The smallest absolute Gasteiger partial charge is 0.180 e. The third-order valence-corrected chi connectivity index (χ3v) is 5.11. The number of carbonyl (C=O) groups is 1. The standard InChI is InChI=1S/C24H29N3O2/c1-5-21(28)22-17(15-26-27-22)14-25-20-12-7-6-11-19(20)23(29)16-9-8-10-18(13-16)24(2,3)4/h6-13,15,23,25,29H,5,14H2,1-4H3,(H,26,27). The molecule has 1 heterocycles. The number of aromatic amines is 1. The van der Waals surface area contributed by atoms with E-state index in [4.69, 9.17) is 0 Å². The third kappa shape index (κ3) is 4.74. The van der Waals surface area contributed by atoms with Gasteiger partial charge in [0.15, 0.2) is 5.78 Å². The summed E-state index contributed by atoms with van der Waals surface area (Å²) >= 11 is 0. The summed E-state index contributed by atoms with van der Waals surface area (Å²) in [5.41, 5.74) is 5.03. The van der Waals surface area contributed by atoms with E-state index < -0.39 is 6.10 Å². The molecule has 0 bridgehead atoms. The number of aliphatic hydroxyl groups is 1. The lowest BCUT2D eigenvalue weighted by atomic mass is 9.85. The second-order valence-electron chi connectivity index (χ2n) is 8.27. The van der Waals surface area contributed by atoms with E-state index in [-0.39, 0.29) is 11.2 Å². The van der Waals surface area contributed by atoms with Gasteiger partial charge in [-0.1, -0.05) is 70.2 Å². The lowest BCUT2D eigenvalue weighted by molar-refractivity contribution is 0.0982. The van der Waals surface area contributed by atoms with Crippen molar-refractivity contribution in [3.05, 3.63) is 82.7 Å². The van der Waals surface area contributed by atoms with Crippen LogP contribution in [0.5, 0.6) is 0 Å². The molecule has 0 spiro atoms.